The number of nitrogens with one attached hydrogen (secondary N) is 1. The zero-order valence-electron chi connectivity index (χ0n) is 16.0. The van der Waals surface area contributed by atoms with E-state index in [4.69, 9.17) is 16.3 Å². The van der Waals surface area contributed by atoms with Crippen molar-refractivity contribution in [3.8, 4) is 17.1 Å². The molecular weight excluding hydrogens is 407 g/mol. The molecule has 2 aliphatic heterocycles. The van der Waals surface area contributed by atoms with E-state index in [0.717, 1.165) is 23.4 Å². The second-order valence-electron chi connectivity index (χ2n) is 7.38. The van der Waals surface area contributed by atoms with Crippen LogP contribution in [0.25, 0.3) is 16.4 Å². The maximum atomic E-state index is 13.6. The first-order valence-corrected chi connectivity index (χ1v) is 10.0. The molecular formula is C22H18ClFN4O2. The van der Waals surface area contributed by atoms with Gasteiger partial charge in [0, 0.05) is 55.1 Å². The molecule has 0 bridgehead atoms. The molecule has 1 N–H and O–H groups in total. The number of aromatic nitrogens is 3. The molecule has 0 fully saturated rings. The number of fused-ring (bicyclic) bond motifs is 2. The molecule has 0 amide bonds. The third-order valence-corrected chi connectivity index (χ3v) is 5.88. The lowest BCUT2D eigenvalue weighted by atomic mass is 10.0. The van der Waals surface area contributed by atoms with Gasteiger partial charge in [-0.15, -0.1) is 0 Å². The molecule has 1 aromatic carbocycles. The van der Waals surface area contributed by atoms with Gasteiger partial charge in [-0.05, 0) is 30.3 Å². The van der Waals surface area contributed by atoms with Gasteiger partial charge in [-0.3, -0.25) is 14.7 Å². The van der Waals surface area contributed by atoms with Crippen LogP contribution in [0.1, 0.15) is 16.8 Å². The average molecular weight is 425 g/mol. The van der Waals surface area contributed by atoms with Gasteiger partial charge in [0.15, 0.2) is 0 Å². The summed E-state index contributed by atoms with van der Waals surface area (Å²) < 4.78 is 19.4. The van der Waals surface area contributed by atoms with Gasteiger partial charge >= 0.3 is 0 Å². The molecule has 8 heteroatoms. The summed E-state index contributed by atoms with van der Waals surface area (Å²) in [4.78, 5) is 26.4. The highest BCUT2D eigenvalue weighted by Crippen LogP contribution is 2.36. The van der Waals surface area contributed by atoms with E-state index >= 15 is 0 Å². The molecule has 4 heterocycles. The predicted octanol–water partition coefficient (Wildman–Crippen LogP) is 3.37. The van der Waals surface area contributed by atoms with Crippen LogP contribution in [-0.4, -0.2) is 39.5 Å². The van der Waals surface area contributed by atoms with Gasteiger partial charge in [0.1, 0.15) is 24.0 Å². The molecule has 3 aromatic rings. The minimum atomic E-state index is -0.355. The fraction of sp³-hybridized carbons (Fsp3) is 0.227. The Labute approximate surface area is 177 Å². The first-order chi connectivity index (χ1) is 14.6. The Balaban J connectivity index is 1.39. The van der Waals surface area contributed by atoms with Crippen molar-refractivity contribution in [1.29, 1.82) is 0 Å². The number of aromatic amines is 1. The topological polar surface area (TPSA) is 71.1 Å². The van der Waals surface area contributed by atoms with E-state index in [9.17, 15) is 9.18 Å². The van der Waals surface area contributed by atoms with Crippen molar-refractivity contribution in [1.82, 2.24) is 19.9 Å². The monoisotopic (exact) mass is 424 g/mol. The van der Waals surface area contributed by atoms with Crippen LogP contribution in [0, 0.1) is 5.82 Å². The van der Waals surface area contributed by atoms with Crippen LogP contribution >= 0.6 is 11.6 Å². The summed E-state index contributed by atoms with van der Waals surface area (Å²) in [7, 11) is 0. The molecule has 0 saturated carbocycles. The molecule has 2 aliphatic rings. The van der Waals surface area contributed by atoms with Crippen molar-refractivity contribution in [3.05, 3.63) is 81.3 Å². The van der Waals surface area contributed by atoms with E-state index in [-0.39, 0.29) is 11.4 Å². The van der Waals surface area contributed by atoms with Crippen LogP contribution in [0.15, 0.2) is 53.1 Å². The van der Waals surface area contributed by atoms with Gasteiger partial charge < -0.3 is 9.72 Å². The maximum absolute atomic E-state index is 13.6. The third kappa shape index (κ3) is 3.51. The number of nitrogens with zero attached hydrogens (tertiary/aromatic N) is 3. The van der Waals surface area contributed by atoms with E-state index in [1.807, 2.05) is 12.1 Å². The molecule has 0 aliphatic carbocycles. The molecule has 0 unspecified atom stereocenters. The number of hydrogen-bond acceptors (Lipinski definition) is 5. The normalized spacial score (nSPS) is 16.1. The molecule has 0 saturated heterocycles. The summed E-state index contributed by atoms with van der Waals surface area (Å²) in [6.45, 7) is 2.09. The van der Waals surface area contributed by atoms with Crippen LogP contribution in [0.3, 0.4) is 0 Å². The number of ether oxygens (including phenoxy) is 1. The smallest absolute Gasteiger partial charge is 0.255 e. The fourth-order valence-electron chi connectivity index (χ4n) is 3.87. The second-order valence-corrected chi connectivity index (χ2v) is 7.76. The van der Waals surface area contributed by atoms with Gasteiger partial charge in [0.2, 0.25) is 0 Å². The summed E-state index contributed by atoms with van der Waals surface area (Å²) in [6, 6.07) is 7.97. The molecule has 6 nitrogen and oxygen atoms in total. The molecule has 0 atom stereocenters. The summed E-state index contributed by atoms with van der Waals surface area (Å²) in [5, 5.41) is 0.515. The number of rotatable bonds is 3. The SMILES string of the molecule is O=c1[nH]c(-c2ccncc2)nc2c1CN(CC1=C(Cl)c3cc(F)ccc3OC1)CC2. The third-order valence-electron chi connectivity index (χ3n) is 5.41. The molecule has 30 heavy (non-hydrogen) atoms. The largest absolute Gasteiger partial charge is 0.488 e. The van der Waals surface area contributed by atoms with Gasteiger partial charge in [-0.1, -0.05) is 11.6 Å². The lowest BCUT2D eigenvalue weighted by Gasteiger charge is -2.30. The highest BCUT2D eigenvalue weighted by atomic mass is 35.5. The fourth-order valence-corrected chi connectivity index (χ4v) is 4.13. The number of halogens is 2. The minimum absolute atomic E-state index is 0.135. The quantitative estimate of drug-likeness (QED) is 0.698. The summed E-state index contributed by atoms with van der Waals surface area (Å²) >= 11 is 6.55. The Morgan fingerprint density at radius 2 is 2.07 bits per heavy atom. The van der Waals surface area contributed by atoms with Gasteiger partial charge in [0.05, 0.1) is 16.3 Å². The Bertz CT molecular complexity index is 1210. The van der Waals surface area contributed by atoms with Crippen molar-refractivity contribution in [2.45, 2.75) is 13.0 Å². The van der Waals surface area contributed by atoms with E-state index in [0.29, 0.717) is 53.9 Å². The summed E-state index contributed by atoms with van der Waals surface area (Å²) in [5.74, 6) is 0.782. The Kier molecular flexibility index (Phi) is 4.84. The summed E-state index contributed by atoms with van der Waals surface area (Å²) in [6.07, 6.45) is 4.00. The molecule has 0 radical (unpaired) electrons. The standard InChI is InChI=1S/C22H18ClFN4O2/c23-20-14(12-30-19-2-1-15(24)9-16(19)20)10-28-8-5-18-17(11-28)22(29)27-21(26-18)13-3-6-25-7-4-13/h1-4,6-7,9H,5,8,10-12H2,(H,26,27,29). The second kappa shape index (κ2) is 7.66. The zero-order valence-corrected chi connectivity index (χ0v) is 16.7. The molecule has 0 spiro atoms. The van der Waals surface area contributed by atoms with Crippen LogP contribution in [0.2, 0.25) is 0 Å². The minimum Gasteiger partial charge on any atom is -0.488 e. The highest BCUT2D eigenvalue weighted by Gasteiger charge is 2.25. The van der Waals surface area contributed by atoms with Crippen molar-refractivity contribution in [3.63, 3.8) is 0 Å². The van der Waals surface area contributed by atoms with Gasteiger partial charge in [-0.25, -0.2) is 9.37 Å². The molecule has 2 aromatic heterocycles. The van der Waals surface area contributed by atoms with Crippen LogP contribution in [0.4, 0.5) is 4.39 Å². The number of benzene rings is 1. The van der Waals surface area contributed by atoms with Crippen LogP contribution < -0.4 is 10.3 Å². The molecule has 5 rings (SSSR count). The lowest BCUT2D eigenvalue weighted by Crippen LogP contribution is -2.37. The maximum Gasteiger partial charge on any atom is 0.255 e. The lowest BCUT2D eigenvalue weighted by molar-refractivity contribution is 0.254. The number of pyridine rings is 1. The number of H-pyrrole nitrogens is 1. The Morgan fingerprint density at radius 1 is 1.23 bits per heavy atom. The van der Waals surface area contributed by atoms with Gasteiger partial charge in [-0.2, -0.15) is 0 Å². The first-order valence-electron chi connectivity index (χ1n) is 9.63. The van der Waals surface area contributed by atoms with Crippen molar-refractivity contribution < 1.29 is 9.13 Å². The Morgan fingerprint density at radius 3 is 2.90 bits per heavy atom. The summed E-state index contributed by atoms with van der Waals surface area (Å²) in [5.41, 5.74) is 3.61. The average Bonchev–Trinajstić information content (AvgIpc) is 2.77. The highest BCUT2D eigenvalue weighted by molar-refractivity contribution is 6.49. The zero-order chi connectivity index (χ0) is 20.7. The van der Waals surface area contributed by atoms with E-state index in [1.165, 1.54) is 12.1 Å². The van der Waals surface area contributed by atoms with Gasteiger partial charge in [0.25, 0.3) is 5.56 Å². The van der Waals surface area contributed by atoms with Crippen molar-refractivity contribution in [2.24, 2.45) is 0 Å². The first kappa shape index (κ1) is 19.0. The van der Waals surface area contributed by atoms with E-state index in [1.54, 1.807) is 18.5 Å². The molecule has 152 valence electrons. The van der Waals surface area contributed by atoms with E-state index in [2.05, 4.69) is 19.9 Å². The predicted molar refractivity (Wildman–Crippen MR) is 112 cm³/mol. The van der Waals surface area contributed by atoms with Crippen LogP contribution in [0.5, 0.6) is 5.75 Å². The van der Waals surface area contributed by atoms with Crippen LogP contribution in [-0.2, 0) is 13.0 Å². The Hall–Kier alpha value is -3.03. The van der Waals surface area contributed by atoms with Crippen molar-refractivity contribution >= 4 is 16.6 Å². The number of hydrogen-bond donors (Lipinski definition) is 1. The van der Waals surface area contributed by atoms with Crippen molar-refractivity contribution in [2.75, 3.05) is 19.7 Å². The van der Waals surface area contributed by atoms with E-state index < -0.39 is 0 Å².